The number of fused-ring (bicyclic) bond motifs is 3. The molecule has 118 valence electrons. The number of rotatable bonds is 2. The molecule has 1 N–H and O–H groups in total. The summed E-state index contributed by atoms with van der Waals surface area (Å²) < 4.78 is 0. The first-order chi connectivity index (χ1) is 11.3. The van der Waals surface area contributed by atoms with Crippen LogP contribution in [0.1, 0.15) is 12.0 Å². The van der Waals surface area contributed by atoms with E-state index in [0.29, 0.717) is 18.0 Å². The van der Waals surface area contributed by atoms with E-state index in [1.165, 1.54) is 17.7 Å². The highest BCUT2D eigenvalue weighted by atomic mass is 15.6. The Morgan fingerprint density at radius 3 is 2.74 bits per heavy atom. The van der Waals surface area contributed by atoms with E-state index in [0.717, 1.165) is 25.5 Å². The number of pyridine rings is 1. The summed E-state index contributed by atoms with van der Waals surface area (Å²) in [6.45, 7) is 3.01. The number of piperazine rings is 1. The van der Waals surface area contributed by atoms with E-state index in [-0.39, 0.29) is 0 Å². The van der Waals surface area contributed by atoms with E-state index in [2.05, 4.69) is 43.3 Å². The summed E-state index contributed by atoms with van der Waals surface area (Å²) in [7, 11) is 2.23. The van der Waals surface area contributed by atoms with Crippen LogP contribution >= 0.6 is 0 Å². The summed E-state index contributed by atoms with van der Waals surface area (Å²) in [5.41, 5.74) is 5.72. The van der Waals surface area contributed by atoms with Gasteiger partial charge in [0.2, 0.25) is 5.95 Å². The lowest BCUT2D eigenvalue weighted by Crippen LogP contribution is -2.44. The van der Waals surface area contributed by atoms with Crippen LogP contribution in [0.15, 0.2) is 30.7 Å². The maximum absolute atomic E-state index is 4.62. The van der Waals surface area contributed by atoms with Crippen molar-refractivity contribution in [3.05, 3.63) is 36.3 Å². The molecule has 0 spiro atoms. The van der Waals surface area contributed by atoms with E-state index in [1.54, 1.807) is 12.4 Å². The number of hydrazine groups is 1. The van der Waals surface area contributed by atoms with Crippen molar-refractivity contribution < 1.29 is 0 Å². The minimum Gasteiger partial charge on any atom is -0.364 e. The van der Waals surface area contributed by atoms with Crippen LogP contribution in [-0.2, 0) is 6.54 Å². The van der Waals surface area contributed by atoms with Crippen molar-refractivity contribution >= 4 is 17.5 Å². The van der Waals surface area contributed by atoms with Crippen LogP contribution in [0.3, 0.4) is 0 Å². The first-order valence-electron chi connectivity index (χ1n) is 8.05. The highest BCUT2D eigenvalue weighted by Crippen LogP contribution is 2.35. The third-order valence-corrected chi connectivity index (χ3v) is 5.16. The van der Waals surface area contributed by atoms with Crippen LogP contribution in [0.2, 0.25) is 0 Å². The molecule has 3 aliphatic rings. The highest BCUT2D eigenvalue weighted by molar-refractivity contribution is 5.63. The fraction of sp³-hybridized carbons (Fsp3) is 0.438. The molecule has 7 heteroatoms. The molecule has 3 aliphatic heterocycles. The third-order valence-electron chi connectivity index (χ3n) is 5.16. The van der Waals surface area contributed by atoms with Gasteiger partial charge in [-0.25, -0.2) is 20.0 Å². The molecule has 2 atom stereocenters. The lowest BCUT2D eigenvalue weighted by Gasteiger charge is -2.33. The molecule has 2 saturated heterocycles. The molecule has 0 aliphatic carbocycles. The van der Waals surface area contributed by atoms with Gasteiger partial charge in [-0.2, -0.15) is 0 Å². The number of nitrogens with zero attached hydrogens (tertiary/aromatic N) is 6. The molecule has 0 aromatic carbocycles. The molecule has 0 saturated carbocycles. The quantitative estimate of drug-likeness (QED) is 0.891. The normalized spacial score (nSPS) is 25.8. The Labute approximate surface area is 134 Å². The Balaban J connectivity index is 1.39. The monoisotopic (exact) mass is 309 g/mol. The second-order valence-electron chi connectivity index (χ2n) is 6.58. The lowest BCUT2D eigenvalue weighted by atomic mass is 10.2. The fourth-order valence-electron chi connectivity index (χ4n) is 3.95. The molecule has 2 bridgehead atoms. The second-order valence-corrected chi connectivity index (χ2v) is 6.58. The number of anilines is 3. The van der Waals surface area contributed by atoms with Crippen LogP contribution < -0.4 is 15.3 Å². The minimum atomic E-state index is 0.632. The van der Waals surface area contributed by atoms with Gasteiger partial charge in [0.05, 0.1) is 18.4 Å². The van der Waals surface area contributed by atoms with Gasteiger partial charge in [-0.1, -0.05) is 0 Å². The van der Waals surface area contributed by atoms with Gasteiger partial charge in [-0.3, -0.25) is 10.3 Å². The zero-order chi connectivity index (χ0) is 15.4. The maximum Gasteiger partial charge on any atom is 0.244 e. The highest BCUT2D eigenvalue weighted by Gasteiger charge is 2.41. The zero-order valence-corrected chi connectivity index (χ0v) is 13.1. The molecule has 0 amide bonds. The minimum absolute atomic E-state index is 0.632. The molecule has 5 heterocycles. The SMILES string of the molecule is CN1CC2CC1CN2c1cnc2c(c1)CN(c1ncccn1)N2. The Hall–Kier alpha value is -2.41. The number of hydrogen-bond acceptors (Lipinski definition) is 7. The van der Waals surface area contributed by atoms with Crippen molar-refractivity contribution in [3.63, 3.8) is 0 Å². The Morgan fingerprint density at radius 1 is 1.13 bits per heavy atom. The Morgan fingerprint density at radius 2 is 2.00 bits per heavy atom. The van der Waals surface area contributed by atoms with Gasteiger partial charge in [-0.05, 0) is 25.6 Å². The van der Waals surface area contributed by atoms with Crippen LogP contribution in [0.25, 0.3) is 0 Å². The summed E-state index contributed by atoms with van der Waals surface area (Å²) >= 11 is 0. The fourth-order valence-corrected chi connectivity index (χ4v) is 3.95. The molecule has 23 heavy (non-hydrogen) atoms. The largest absolute Gasteiger partial charge is 0.364 e. The topological polar surface area (TPSA) is 60.4 Å². The summed E-state index contributed by atoms with van der Waals surface area (Å²) in [6, 6.07) is 5.41. The zero-order valence-electron chi connectivity index (χ0n) is 13.1. The predicted molar refractivity (Wildman–Crippen MR) is 88.2 cm³/mol. The van der Waals surface area contributed by atoms with Gasteiger partial charge in [0, 0.05) is 43.1 Å². The molecule has 2 aromatic rings. The van der Waals surface area contributed by atoms with Gasteiger partial charge >= 0.3 is 0 Å². The second kappa shape index (κ2) is 4.79. The number of likely N-dealkylation sites (N-methyl/N-ethyl adjacent to an activating group) is 1. The third kappa shape index (κ3) is 2.03. The summed E-state index contributed by atoms with van der Waals surface area (Å²) in [5.74, 6) is 1.58. The average Bonchev–Trinajstić information content (AvgIpc) is 3.27. The summed E-state index contributed by atoms with van der Waals surface area (Å²) in [6.07, 6.45) is 6.77. The average molecular weight is 309 g/mol. The van der Waals surface area contributed by atoms with Crippen molar-refractivity contribution in [1.29, 1.82) is 0 Å². The first kappa shape index (κ1) is 13.1. The maximum atomic E-state index is 4.62. The van der Waals surface area contributed by atoms with Crippen LogP contribution in [0, 0.1) is 0 Å². The number of likely N-dealkylation sites (tertiary alicyclic amines) is 1. The summed E-state index contributed by atoms with van der Waals surface area (Å²) in [5, 5.41) is 1.94. The smallest absolute Gasteiger partial charge is 0.244 e. The van der Waals surface area contributed by atoms with E-state index >= 15 is 0 Å². The van der Waals surface area contributed by atoms with E-state index in [9.17, 15) is 0 Å². The van der Waals surface area contributed by atoms with Crippen molar-refractivity contribution in [3.8, 4) is 0 Å². The molecule has 2 fully saturated rings. The number of hydrogen-bond donors (Lipinski definition) is 1. The first-order valence-corrected chi connectivity index (χ1v) is 8.05. The molecule has 0 radical (unpaired) electrons. The van der Waals surface area contributed by atoms with Gasteiger partial charge in [0.1, 0.15) is 5.82 Å². The summed E-state index contributed by atoms with van der Waals surface area (Å²) in [4.78, 5) is 18.2. The number of aromatic nitrogens is 3. The van der Waals surface area contributed by atoms with Crippen molar-refractivity contribution in [2.24, 2.45) is 0 Å². The van der Waals surface area contributed by atoms with Gasteiger partial charge in [0.25, 0.3) is 0 Å². The Kier molecular flexibility index (Phi) is 2.72. The van der Waals surface area contributed by atoms with Crippen LogP contribution in [-0.4, -0.2) is 52.1 Å². The van der Waals surface area contributed by atoms with Crippen LogP contribution in [0.4, 0.5) is 17.5 Å². The molecule has 2 unspecified atom stereocenters. The van der Waals surface area contributed by atoms with Crippen molar-refractivity contribution in [1.82, 2.24) is 19.9 Å². The molecule has 2 aromatic heterocycles. The van der Waals surface area contributed by atoms with E-state index < -0.39 is 0 Å². The van der Waals surface area contributed by atoms with Crippen molar-refractivity contribution in [2.45, 2.75) is 25.0 Å². The van der Waals surface area contributed by atoms with Crippen LogP contribution in [0.5, 0.6) is 0 Å². The van der Waals surface area contributed by atoms with E-state index in [1.807, 2.05) is 17.3 Å². The van der Waals surface area contributed by atoms with Crippen molar-refractivity contribution in [2.75, 3.05) is 35.5 Å². The number of nitrogens with one attached hydrogen (secondary N) is 1. The predicted octanol–water partition coefficient (Wildman–Crippen LogP) is 1.11. The van der Waals surface area contributed by atoms with Gasteiger partial charge in [-0.15, -0.1) is 0 Å². The molecular formula is C16H19N7. The van der Waals surface area contributed by atoms with E-state index in [4.69, 9.17) is 0 Å². The molecular weight excluding hydrogens is 290 g/mol. The van der Waals surface area contributed by atoms with Gasteiger partial charge in [0.15, 0.2) is 0 Å². The standard InChI is InChI=1S/C16H19N7/c1-21-9-14-6-13(21)10-22(14)12-5-11-8-23(20-15(11)19-7-12)16-17-3-2-4-18-16/h2-5,7,13-14H,6,8-10H2,1H3,(H,19,20). The lowest BCUT2D eigenvalue weighted by molar-refractivity contribution is 0.292. The molecule has 5 rings (SSSR count). The van der Waals surface area contributed by atoms with Gasteiger partial charge < -0.3 is 4.90 Å². The Bertz CT molecular complexity index is 732. The molecule has 7 nitrogen and oxygen atoms in total.